The molecule has 0 spiro atoms. The fraction of sp³-hybridized carbons (Fsp3) is 0.875. The molecule has 2 aliphatic carbocycles. The summed E-state index contributed by atoms with van der Waals surface area (Å²) in [6.45, 7) is 26.9. The first-order valence-electron chi connectivity index (χ1n) is 14.7. The van der Waals surface area contributed by atoms with Gasteiger partial charge in [0.15, 0.2) is 0 Å². The fourth-order valence-electron chi connectivity index (χ4n) is 6.17. The van der Waals surface area contributed by atoms with Crippen molar-refractivity contribution in [3.63, 3.8) is 0 Å². The highest BCUT2D eigenvalue weighted by atomic mass is 16.7. The van der Waals surface area contributed by atoms with Crippen LogP contribution in [0.3, 0.4) is 0 Å². The minimum absolute atomic E-state index is 0.0425. The van der Waals surface area contributed by atoms with E-state index >= 15 is 0 Å². The van der Waals surface area contributed by atoms with Crippen molar-refractivity contribution in [2.75, 3.05) is 0 Å². The minimum Gasteiger partial charge on any atom is -0.291 e. The van der Waals surface area contributed by atoms with E-state index in [1.54, 1.807) is 0 Å². The van der Waals surface area contributed by atoms with Gasteiger partial charge in [0.1, 0.15) is 0 Å². The van der Waals surface area contributed by atoms with E-state index in [4.69, 9.17) is 9.68 Å². The zero-order chi connectivity index (χ0) is 27.4. The summed E-state index contributed by atoms with van der Waals surface area (Å²) < 4.78 is 0. The minimum atomic E-state index is -0.0425. The maximum Gasteiger partial charge on any atom is 0.0974 e. The molecule has 0 bridgehead atoms. The molecule has 4 heteroatoms. The van der Waals surface area contributed by atoms with Gasteiger partial charge in [0.2, 0.25) is 0 Å². The number of hydroxylamine groups is 4. The van der Waals surface area contributed by atoms with Crippen molar-refractivity contribution >= 4 is 0 Å². The predicted octanol–water partition coefficient (Wildman–Crippen LogP) is 8.88. The maximum absolute atomic E-state index is 6.66. The van der Waals surface area contributed by atoms with Crippen LogP contribution in [0.1, 0.15) is 134 Å². The van der Waals surface area contributed by atoms with Gasteiger partial charge in [-0.2, -0.15) is 10.1 Å². The smallest absolute Gasteiger partial charge is 0.0974 e. The molecular formula is C32H60N2O2. The average Bonchev–Trinajstić information content (AvgIpc) is 2.64. The zero-order valence-corrected chi connectivity index (χ0v) is 26.0. The standard InChI is InChI=1S/C32H60N2O2/c1-29(2,3)33(30(4,5)6)35-27-19-15-13-17-25(21-23-27)26-18-14-16-20-28(24-22-26)36-34(31(7,8)9)32(10,11)12/h21-28H,13-20H2,1-12H3/b23-21-,24-22-/t25-,26+,27-,28+. The molecule has 0 heterocycles. The molecule has 0 saturated heterocycles. The van der Waals surface area contributed by atoms with E-state index in [0.717, 1.165) is 12.8 Å². The van der Waals surface area contributed by atoms with Gasteiger partial charge >= 0.3 is 0 Å². The van der Waals surface area contributed by atoms with Crippen LogP contribution >= 0.6 is 0 Å². The second-order valence-electron chi connectivity index (χ2n) is 15.2. The first-order valence-corrected chi connectivity index (χ1v) is 14.7. The van der Waals surface area contributed by atoms with Crippen molar-refractivity contribution in [3.8, 4) is 0 Å². The predicted molar refractivity (Wildman–Crippen MR) is 155 cm³/mol. The Kier molecular flexibility index (Phi) is 10.9. The third kappa shape index (κ3) is 9.89. The van der Waals surface area contributed by atoms with Crippen molar-refractivity contribution in [1.29, 1.82) is 0 Å². The van der Waals surface area contributed by atoms with E-state index in [1.165, 1.54) is 38.5 Å². The molecule has 0 unspecified atom stereocenters. The highest BCUT2D eigenvalue weighted by Gasteiger charge is 2.36. The summed E-state index contributed by atoms with van der Waals surface area (Å²) in [7, 11) is 0. The van der Waals surface area contributed by atoms with Gasteiger partial charge < -0.3 is 0 Å². The van der Waals surface area contributed by atoms with Gasteiger partial charge in [-0.15, -0.1) is 0 Å². The number of hydrogen-bond donors (Lipinski definition) is 0. The van der Waals surface area contributed by atoms with Crippen molar-refractivity contribution in [2.45, 2.75) is 169 Å². The number of rotatable bonds is 5. The molecule has 0 fully saturated rings. The normalized spacial score (nSPS) is 29.4. The molecular weight excluding hydrogens is 444 g/mol. The summed E-state index contributed by atoms with van der Waals surface area (Å²) in [6, 6.07) is 0. The Bertz CT molecular complexity index is 624. The first-order chi connectivity index (χ1) is 16.4. The largest absolute Gasteiger partial charge is 0.291 e. The molecule has 0 saturated carbocycles. The molecule has 4 atom stereocenters. The number of hydrogen-bond acceptors (Lipinski definition) is 4. The molecule has 0 aromatic carbocycles. The lowest BCUT2D eigenvalue weighted by atomic mass is 9.81. The third-order valence-electron chi connectivity index (χ3n) is 7.17. The molecule has 36 heavy (non-hydrogen) atoms. The highest BCUT2D eigenvalue weighted by Crippen LogP contribution is 2.34. The summed E-state index contributed by atoms with van der Waals surface area (Å²) in [5.74, 6) is 1.15. The molecule has 0 aromatic rings. The van der Waals surface area contributed by atoms with E-state index in [2.05, 4.69) is 118 Å². The Morgan fingerprint density at radius 2 is 0.722 bits per heavy atom. The molecule has 2 aliphatic rings. The summed E-state index contributed by atoms with van der Waals surface area (Å²) >= 11 is 0. The Morgan fingerprint density at radius 3 is 1.00 bits per heavy atom. The van der Waals surface area contributed by atoms with Gasteiger partial charge in [-0.05, 0) is 121 Å². The molecule has 4 nitrogen and oxygen atoms in total. The average molecular weight is 505 g/mol. The lowest BCUT2D eigenvalue weighted by Gasteiger charge is -2.45. The second kappa shape index (κ2) is 12.5. The SMILES string of the molecule is CC(C)(C)N(O[C@@H]1/C=C\[C@@H]([C@H]2/C=C\[C@H](ON(C(C)(C)C)C(C)(C)C)CCCC2)CCCC1)C(C)(C)C. The van der Waals surface area contributed by atoms with Crippen LogP contribution in [0.4, 0.5) is 0 Å². The monoisotopic (exact) mass is 504 g/mol. The van der Waals surface area contributed by atoms with Crippen LogP contribution in [0.2, 0.25) is 0 Å². The quantitative estimate of drug-likeness (QED) is 0.276. The van der Waals surface area contributed by atoms with Crippen LogP contribution in [0.5, 0.6) is 0 Å². The van der Waals surface area contributed by atoms with Gasteiger partial charge in [0.25, 0.3) is 0 Å². The van der Waals surface area contributed by atoms with Crippen LogP contribution in [-0.2, 0) is 9.68 Å². The van der Waals surface area contributed by atoms with Gasteiger partial charge in [0.05, 0.1) is 12.2 Å². The van der Waals surface area contributed by atoms with Crippen LogP contribution in [0, 0.1) is 11.8 Å². The fourth-order valence-corrected chi connectivity index (χ4v) is 6.17. The molecule has 0 radical (unpaired) electrons. The number of nitrogens with zero attached hydrogens (tertiary/aromatic N) is 2. The van der Waals surface area contributed by atoms with Crippen LogP contribution in [0.15, 0.2) is 24.3 Å². The van der Waals surface area contributed by atoms with Crippen LogP contribution in [0.25, 0.3) is 0 Å². The van der Waals surface area contributed by atoms with Gasteiger partial charge in [-0.3, -0.25) is 9.68 Å². The molecule has 0 aromatic heterocycles. The van der Waals surface area contributed by atoms with Gasteiger partial charge in [-0.1, -0.05) is 50.0 Å². The van der Waals surface area contributed by atoms with Crippen LogP contribution in [-0.4, -0.2) is 44.5 Å². The van der Waals surface area contributed by atoms with E-state index in [-0.39, 0.29) is 34.4 Å². The Balaban J connectivity index is 2.16. The second-order valence-corrected chi connectivity index (χ2v) is 15.2. The van der Waals surface area contributed by atoms with Crippen molar-refractivity contribution < 1.29 is 9.68 Å². The zero-order valence-electron chi connectivity index (χ0n) is 26.0. The summed E-state index contributed by atoms with van der Waals surface area (Å²) in [5.41, 5.74) is -0.170. The summed E-state index contributed by atoms with van der Waals surface area (Å²) in [5, 5.41) is 4.42. The molecule has 0 amide bonds. The van der Waals surface area contributed by atoms with E-state index in [1.807, 2.05) is 0 Å². The summed E-state index contributed by atoms with van der Waals surface area (Å²) in [6.07, 6.45) is 19.7. The maximum atomic E-state index is 6.66. The number of allylic oxidation sites excluding steroid dienone is 2. The molecule has 0 aliphatic heterocycles. The Hall–Kier alpha value is -0.680. The van der Waals surface area contributed by atoms with Crippen molar-refractivity contribution in [3.05, 3.63) is 24.3 Å². The molecule has 0 N–H and O–H groups in total. The Labute approximate surface area is 224 Å². The third-order valence-corrected chi connectivity index (χ3v) is 7.17. The highest BCUT2D eigenvalue weighted by molar-refractivity contribution is 5.05. The Morgan fingerprint density at radius 1 is 0.444 bits per heavy atom. The lowest BCUT2D eigenvalue weighted by Crippen LogP contribution is -2.53. The van der Waals surface area contributed by atoms with Crippen molar-refractivity contribution in [2.24, 2.45) is 11.8 Å². The van der Waals surface area contributed by atoms with E-state index in [9.17, 15) is 0 Å². The van der Waals surface area contributed by atoms with Crippen molar-refractivity contribution in [1.82, 2.24) is 10.1 Å². The first kappa shape index (κ1) is 31.5. The molecule has 210 valence electrons. The van der Waals surface area contributed by atoms with E-state index < -0.39 is 0 Å². The topological polar surface area (TPSA) is 24.9 Å². The molecule has 2 rings (SSSR count). The van der Waals surface area contributed by atoms with E-state index in [0.29, 0.717) is 11.8 Å². The van der Waals surface area contributed by atoms with Gasteiger partial charge in [0, 0.05) is 22.2 Å². The van der Waals surface area contributed by atoms with Crippen LogP contribution < -0.4 is 0 Å². The summed E-state index contributed by atoms with van der Waals surface area (Å²) in [4.78, 5) is 13.3. The van der Waals surface area contributed by atoms with Gasteiger partial charge in [-0.25, -0.2) is 0 Å². The lowest BCUT2D eigenvalue weighted by molar-refractivity contribution is -0.275.